The Kier molecular flexibility index (Phi) is 6.30. The van der Waals surface area contributed by atoms with E-state index in [1.165, 1.54) is 35.5 Å². The Labute approximate surface area is 197 Å². The highest BCUT2D eigenvalue weighted by molar-refractivity contribution is 7.99. The molecule has 0 aliphatic carbocycles. The minimum absolute atomic E-state index is 0.0309. The standard InChI is InChI=1S/C24H27N5O3S/c1-4-21-20-15-33-24(2,3)13-18(20)19(14-25)22(26-21)27-9-11-28(12-10-27)23(30)16-5-7-17(8-6-16)29(31)32/h5-8H,4,9-13,15H2,1-3H3/p+1. The first-order valence-corrected chi connectivity index (χ1v) is 12.1. The van der Waals surface area contributed by atoms with Crippen LogP contribution in [0.5, 0.6) is 0 Å². The molecular formula is C24H28N5O3S+. The lowest BCUT2D eigenvalue weighted by molar-refractivity contribution is -0.384. The van der Waals surface area contributed by atoms with Crippen molar-refractivity contribution in [3.8, 4) is 6.07 Å². The minimum Gasteiger partial charge on any atom is -0.331 e. The van der Waals surface area contributed by atoms with Crippen molar-refractivity contribution in [1.82, 2.24) is 4.90 Å². The number of non-ortho nitro benzene ring substituents is 1. The van der Waals surface area contributed by atoms with Crippen LogP contribution in [0.1, 0.15) is 53.5 Å². The molecule has 1 saturated heterocycles. The molecule has 1 aromatic heterocycles. The number of carbonyl (C=O) groups excluding carboxylic acids is 1. The molecule has 9 heteroatoms. The number of nitrogens with zero attached hydrogens (tertiary/aromatic N) is 4. The number of benzene rings is 1. The second-order valence-corrected chi connectivity index (χ2v) is 10.7. The van der Waals surface area contributed by atoms with Gasteiger partial charge < -0.3 is 4.90 Å². The van der Waals surface area contributed by atoms with E-state index in [0.717, 1.165) is 35.5 Å². The molecule has 172 valence electrons. The molecule has 33 heavy (non-hydrogen) atoms. The van der Waals surface area contributed by atoms with Gasteiger partial charge in [-0.25, -0.2) is 4.98 Å². The molecule has 0 atom stereocenters. The number of rotatable bonds is 4. The van der Waals surface area contributed by atoms with Crippen molar-refractivity contribution in [3.63, 3.8) is 0 Å². The summed E-state index contributed by atoms with van der Waals surface area (Å²) in [6.45, 7) is 8.86. The number of hydrogen-bond acceptors (Lipinski definition) is 6. The average Bonchev–Trinajstić information content (AvgIpc) is 2.82. The van der Waals surface area contributed by atoms with Gasteiger partial charge in [0.25, 0.3) is 17.4 Å². The number of nitrogens with one attached hydrogen (secondary N) is 1. The molecule has 3 heterocycles. The van der Waals surface area contributed by atoms with E-state index in [4.69, 9.17) is 0 Å². The van der Waals surface area contributed by atoms with Crippen molar-refractivity contribution in [2.24, 2.45) is 0 Å². The lowest BCUT2D eigenvalue weighted by Crippen LogP contribution is -2.50. The summed E-state index contributed by atoms with van der Waals surface area (Å²) < 4.78 is 0.0953. The van der Waals surface area contributed by atoms with Gasteiger partial charge in [-0.1, -0.05) is 20.8 Å². The smallest absolute Gasteiger partial charge is 0.293 e. The van der Waals surface area contributed by atoms with Gasteiger partial charge in [0.1, 0.15) is 30.4 Å². The number of H-pyrrole nitrogens is 1. The SMILES string of the molecule is CCc1[nH+]c(N2CCN(C(=O)c3ccc([N+](=O)[O-])cc3)CC2)c(C#N)c2c1CSC(C)(C)C2. The number of fused-ring (bicyclic) bond motifs is 1. The van der Waals surface area contributed by atoms with Crippen LogP contribution in [0, 0.1) is 21.4 Å². The Bertz CT molecular complexity index is 1130. The second-order valence-electron chi connectivity index (χ2n) is 9.06. The lowest BCUT2D eigenvalue weighted by atomic mass is 9.91. The molecule has 4 rings (SSSR count). The second kappa shape index (κ2) is 9.02. The van der Waals surface area contributed by atoms with Gasteiger partial charge in [0.2, 0.25) is 0 Å². The van der Waals surface area contributed by atoms with E-state index in [1.54, 1.807) is 4.90 Å². The summed E-state index contributed by atoms with van der Waals surface area (Å²) in [5, 5.41) is 20.9. The number of nitro groups is 1. The normalized spacial score (nSPS) is 17.3. The number of pyridine rings is 1. The third-order valence-corrected chi connectivity index (χ3v) is 7.78. The topological polar surface area (TPSA) is 105 Å². The summed E-state index contributed by atoms with van der Waals surface area (Å²) in [6, 6.07) is 8.19. The summed E-state index contributed by atoms with van der Waals surface area (Å²) in [5.74, 6) is 1.64. The van der Waals surface area contributed by atoms with Crippen LogP contribution in [0.15, 0.2) is 24.3 Å². The molecule has 0 unspecified atom stereocenters. The maximum Gasteiger partial charge on any atom is 0.293 e. The maximum absolute atomic E-state index is 12.9. The van der Waals surface area contributed by atoms with E-state index in [1.807, 2.05) is 11.8 Å². The molecule has 0 radical (unpaired) electrons. The Morgan fingerprint density at radius 1 is 1.21 bits per heavy atom. The van der Waals surface area contributed by atoms with Gasteiger partial charge in [-0.2, -0.15) is 17.0 Å². The molecule has 8 nitrogen and oxygen atoms in total. The van der Waals surface area contributed by atoms with Crippen molar-refractivity contribution in [3.05, 3.63) is 62.3 Å². The van der Waals surface area contributed by atoms with Gasteiger partial charge >= 0.3 is 0 Å². The maximum atomic E-state index is 12.9. The molecule has 0 bridgehead atoms. The van der Waals surface area contributed by atoms with E-state index < -0.39 is 4.92 Å². The number of nitro benzene ring substituents is 1. The zero-order valence-corrected chi connectivity index (χ0v) is 20.0. The molecule has 1 N–H and O–H groups in total. The fourth-order valence-electron chi connectivity index (χ4n) is 4.57. The van der Waals surface area contributed by atoms with E-state index in [-0.39, 0.29) is 16.3 Å². The van der Waals surface area contributed by atoms with Crippen LogP contribution in [0.4, 0.5) is 11.5 Å². The fourth-order valence-corrected chi connectivity index (χ4v) is 5.70. The number of thioether (sulfide) groups is 1. The monoisotopic (exact) mass is 466 g/mol. The Morgan fingerprint density at radius 3 is 2.45 bits per heavy atom. The zero-order chi connectivity index (χ0) is 23.8. The molecule has 0 saturated carbocycles. The van der Waals surface area contributed by atoms with Crippen LogP contribution in [-0.4, -0.2) is 46.7 Å². The third kappa shape index (κ3) is 4.53. The molecule has 2 aliphatic heterocycles. The number of hydrogen-bond donors (Lipinski definition) is 0. The molecule has 1 amide bonds. The van der Waals surface area contributed by atoms with Crippen LogP contribution < -0.4 is 9.88 Å². The lowest BCUT2D eigenvalue weighted by Gasteiger charge is -2.34. The number of aromatic amines is 1. The first-order valence-electron chi connectivity index (χ1n) is 11.2. The third-order valence-electron chi connectivity index (χ3n) is 6.42. The molecule has 2 aliphatic rings. The van der Waals surface area contributed by atoms with Gasteiger partial charge in [0.15, 0.2) is 0 Å². The van der Waals surface area contributed by atoms with Gasteiger partial charge in [-0.3, -0.25) is 19.8 Å². The van der Waals surface area contributed by atoms with E-state index >= 15 is 0 Å². The first-order chi connectivity index (χ1) is 15.7. The minimum atomic E-state index is -0.473. The van der Waals surface area contributed by atoms with Gasteiger partial charge in [-0.05, 0) is 24.1 Å². The van der Waals surface area contributed by atoms with E-state index in [0.29, 0.717) is 31.7 Å². The largest absolute Gasteiger partial charge is 0.331 e. The van der Waals surface area contributed by atoms with E-state index in [9.17, 15) is 20.2 Å². The van der Waals surface area contributed by atoms with Gasteiger partial charge in [-0.15, -0.1) is 0 Å². The number of aryl methyl sites for hydroxylation is 1. The number of nitriles is 1. The highest BCUT2D eigenvalue weighted by Crippen LogP contribution is 2.41. The van der Waals surface area contributed by atoms with Crippen LogP contribution in [-0.2, 0) is 18.6 Å². The summed E-state index contributed by atoms with van der Waals surface area (Å²) in [7, 11) is 0. The Balaban J connectivity index is 1.55. The highest BCUT2D eigenvalue weighted by Gasteiger charge is 2.36. The van der Waals surface area contributed by atoms with Crippen molar-refractivity contribution in [2.75, 3.05) is 31.1 Å². The number of anilines is 1. The molecule has 1 fully saturated rings. The summed E-state index contributed by atoms with van der Waals surface area (Å²) in [6.07, 6.45) is 1.74. The van der Waals surface area contributed by atoms with Gasteiger partial charge in [0.05, 0.1) is 18.0 Å². The zero-order valence-electron chi connectivity index (χ0n) is 19.2. The average molecular weight is 467 g/mol. The van der Waals surface area contributed by atoms with Crippen molar-refractivity contribution < 1.29 is 14.7 Å². The number of amides is 1. The van der Waals surface area contributed by atoms with Crippen LogP contribution in [0.2, 0.25) is 0 Å². The number of piperazine rings is 1. The molecule has 1 aromatic carbocycles. The molecule has 2 aromatic rings. The highest BCUT2D eigenvalue weighted by atomic mass is 32.2. The summed E-state index contributed by atoms with van der Waals surface area (Å²) >= 11 is 1.93. The Morgan fingerprint density at radius 2 is 1.88 bits per heavy atom. The predicted octanol–water partition coefficient (Wildman–Crippen LogP) is 3.37. The number of aromatic nitrogens is 1. The van der Waals surface area contributed by atoms with Crippen LogP contribution >= 0.6 is 11.8 Å². The van der Waals surface area contributed by atoms with Crippen molar-refractivity contribution in [1.29, 1.82) is 5.26 Å². The van der Waals surface area contributed by atoms with Gasteiger partial charge in [0, 0.05) is 40.2 Å². The molecule has 0 spiro atoms. The van der Waals surface area contributed by atoms with E-state index in [2.05, 4.69) is 36.7 Å². The quantitative estimate of drug-likeness (QED) is 0.505. The van der Waals surface area contributed by atoms with Crippen molar-refractivity contribution >= 4 is 29.2 Å². The molecular weight excluding hydrogens is 438 g/mol. The van der Waals surface area contributed by atoms with Crippen LogP contribution in [0.3, 0.4) is 0 Å². The van der Waals surface area contributed by atoms with Crippen LogP contribution in [0.25, 0.3) is 0 Å². The van der Waals surface area contributed by atoms with Crippen molar-refractivity contribution in [2.45, 2.75) is 44.1 Å². The number of carbonyl (C=O) groups is 1. The summed E-state index contributed by atoms with van der Waals surface area (Å²) in [4.78, 5) is 30.8. The summed E-state index contributed by atoms with van der Waals surface area (Å²) in [5.41, 5.74) is 4.76. The Hall–Kier alpha value is -3.12. The first kappa shape index (κ1) is 23.1. The fraction of sp³-hybridized carbons (Fsp3) is 0.458. The predicted molar refractivity (Wildman–Crippen MR) is 127 cm³/mol.